The summed E-state index contributed by atoms with van der Waals surface area (Å²) in [6.07, 6.45) is 16.7. The van der Waals surface area contributed by atoms with E-state index in [9.17, 15) is 0 Å². The molecule has 0 bridgehead atoms. The van der Waals surface area contributed by atoms with Crippen LogP contribution in [0.4, 0.5) is 0 Å². The monoisotopic (exact) mass is 268 g/mol. The van der Waals surface area contributed by atoms with Gasteiger partial charge >= 0.3 is 0 Å². The number of rotatable bonds is 5. The van der Waals surface area contributed by atoms with Gasteiger partial charge in [-0.3, -0.25) is 0 Å². The Labute approximate surface area is 124 Å². The van der Waals surface area contributed by atoms with Gasteiger partial charge in [0, 0.05) is 0 Å². The fraction of sp³-hybridized carbons (Fsp3) is 0.500. The van der Waals surface area contributed by atoms with E-state index in [0.717, 1.165) is 24.7 Å². The Bertz CT molecular complexity index is 428. The van der Waals surface area contributed by atoms with Gasteiger partial charge in [0.15, 0.2) is 0 Å². The van der Waals surface area contributed by atoms with Crippen LogP contribution in [0, 0.1) is 5.92 Å². The zero-order valence-electron chi connectivity index (χ0n) is 13.0. The molecule has 1 saturated carbocycles. The zero-order valence-corrected chi connectivity index (χ0v) is 13.0. The number of aryl methyl sites for hydroxylation is 1. The maximum absolute atomic E-state index is 2.41. The molecular weight excluding hydrogens is 240 g/mol. The van der Waals surface area contributed by atoms with Gasteiger partial charge in [0.1, 0.15) is 0 Å². The van der Waals surface area contributed by atoms with Gasteiger partial charge in [-0.25, -0.2) is 0 Å². The molecule has 1 aromatic carbocycles. The van der Waals surface area contributed by atoms with Gasteiger partial charge in [0.25, 0.3) is 0 Å². The third kappa shape index (κ3) is 4.37. The van der Waals surface area contributed by atoms with Crippen molar-refractivity contribution in [2.45, 2.75) is 58.3 Å². The first-order valence-electron chi connectivity index (χ1n) is 8.25. The second-order valence-corrected chi connectivity index (χ2v) is 5.93. The van der Waals surface area contributed by atoms with Crippen LogP contribution in [0.25, 0.3) is 0 Å². The Balaban J connectivity index is 1.84. The summed E-state index contributed by atoms with van der Waals surface area (Å²) < 4.78 is 0. The number of benzene rings is 1. The van der Waals surface area contributed by atoms with E-state index in [1.165, 1.54) is 31.2 Å². The summed E-state index contributed by atoms with van der Waals surface area (Å²) >= 11 is 0. The van der Waals surface area contributed by atoms with E-state index < -0.39 is 0 Å². The van der Waals surface area contributed by atoms with Crippen molar-refractivity contribution in [1.82, 2.24) is 0 Å². The SMILES string of the molecule is CCC=CC=CC1CCC(c2ccc(CC)cc2)CC1. The van der Waals surface area contributed by atoms with Gasteiger partial charge in [-0.1, -0.05) is 62.4 Å². The molecule has 0 aromatic heterocycles. The molecule has 0 aliphatic heterocycles. The normalized spacial score (nSPS) is 23.7. The highest BCUT2D eigenvalue weighted by Gasteiger charge is 2.20. The van der Waals surface area contributed by atoms with Crippen molar-refractivity contribution >= 4 is 0 Å². The van der Waals surface area contributed by atoms with Crippen LogP contribution in [0.15, 0.2) is 48.6 Å². The Morgan fingerprint density at radius 3 is 2.25 bits per heavy atom. The quantitative estimate of drug-likeness (QED) is 0.571. The van der Waals surface area contributed by atoms with Crippen molar-refractivity contribution < 1.29 is 0 Å². The van der Waals surface area contributed by atoms with E-state index >= 15 is 0 Å². The molecule has 0 radical (unpaired) electrons. The minimum atomic E-state index is 0.789. The molecule has 1 fully saturated rings. The average molecular weight is 268 g/mol. The van der Waals surface area contributed by atoms with Gasteiger partial charge in [-0.05, 0) is 61.5 Å². The summed E-state index contributed by atoms with van der Waals surface area (Å²) in [5, 5.41) is 0. The second-order valence-electron chi connectivity index (χ2n) is 5.93. The van der Waals surface area contributed by atoms with Gasteiger partial charge < -0.3 is 0 Å². The lowest BCUT2D eigenvalue weighted by Gasteiger charge is -2.27. The molecule has 0 saturated heterocycles. The second kappa shape index (κ2) is 8.09. The van der Waals surface area contributed by atoms with Crippen LogP contribution in [-0.2, 0) is 6.42 Å². The summed E-state index contributed by atoms with van der Waals surface area (Å²) in [5.41, 5.74) is 3.00. The first-order chi connectivity index (χ1) is 9.83. The molecule has 0 heterocycles. The maximum Gasteiger partial charge on any atom is -0.0162 e. The lowest BCUT2D eigenvalue weighted by Crippen LogP contribution is -2.11. The number of allylic oxidation sites excluding steroid dienone is 4. The first kappa shape index (κ1) is 15.1. The van der Waals surface area contributed by atoms with E-state index in [1.807, 2.05) is 0 Å². The van der Waals surface area contributed by atoms with E-state index in [4.69, 9.17) is 0 Å². The molecule has 0 amide bonds. The predicted octanol–water partition coefficient (Wildman–Crippen LogP) is 6.05. The molecule has 0 atom stereocenters. The Kier molecular flexibility index (Phi) is 6.11. The molecule has 0 heteroatoms. The minimum Gasteiger partial charge on any atom is -0.0848 e. The molecule has 0 spiro atoms. The van der Waals surface area contributed by atoms with Crippen LogP contribution < -0.4 is 0 Å². The van der Waals surface area contributed by atoms with E-state index in [1.54, 1.807) is 5.56 Å². The lowest BCUT2D eigenvalue weighted by atomic mass is 9.78. The van der Waals surface area contributed by atoms with Crippen LogP contribution in [0.3, 0.4) is 0 Å². The molecular formula is C20H28. The molecule has 1 aliphatic rings. The smallest absolute Gasteiger partial charge is 0.0162 e. The Morgan fingerprint density at radius 2 is 1.65 bits per heavy atom. The summed E-state index contributed by atoms with van der Waals surface area (Å²) in [7, 11) is 0. The van der Waals surface area contributed by atoms with Crippen LogP contribution in [0.1, 0.15) is 63.0 Å². The molecule has 0 unspecified atom stereocenters. The largest absolute Gasteiger partial charge is 0.0848 e. The standard InChI is InChI=1S/C20H28/c1-3-5-6-7-8-18-11-15-20(16-12-18)19-13-9-17(4-2)10-14-19/h5-10,13-14,18,20H,3-4,11-12,15-16H2,1-2H3. The molecule has 0 N–H and O–H groups in total. The highest BCUT2D eigenvalue weighted by atomic mass is 14.2. The molecule has 1 aromatic rings. The van der Waals surface area contributed by atoms with Crippen molar-refractivity contribution in [3.05, 3.63) is 59.7 Å². The zero-order chi connectivity index (χ0) is 14.2. The number of hydrogen-bond acceptors (Lipinski definition) is 0. The molecule has 1 aliphatic carbocycles. The summed E-state index contributed by atoms with van der Waals surface area (Å²) in [4.78, 5) is 0. The topological polar surface area (TPSA) is 0 Å². The van der Waals surface area contributed by atoms with Crippen molar-refractivity contribution in [2.75, 3.05) is 0 Å². The third-order valence-corrected chi connectivity index (χ3v) is 4.50. The maximum atomic E-state index is 2.41. The molecule has 20 heavy (non-hydrogen) atoms. The summed E-state index contributed by atoms with van der Waals surface area (Å²) in [6, 6.07) is 9.31. The minimum absolute atomic E-state index is 0.789. The lowest BCUT2D eigenvalue weighted by molar-refractivity contribution is 0.376. The summed E-state index contributed by atoms with van der Waals surface area (Å²) in [6.45, 7) is 4.40. The molecule has 108 valence electrons. The highest BCUT2D eigenvalue weighted by Crippen LogP contribution is 2.36. The fourth-order valence-corrected chi connectivity index (χ4v) is 3.11. The van der Waals surface area contributed by atoms with Crippen LogP contribution in [0.2, 0.25) is 0 Å². The van der Waals surface area contributed by atoms with Crippen LogP contribution in [0.5, 0.6) is 0 Å². The molecule has 0 nitrogen and oxygen atoms in total. The van der Waals surface area contributed by atoms with Crippen LogP contribution >= 0.6 is 0 Å². The van der Waals surface area contributed by atoms with Crippen molar-refractivity contribution in [3.8, 4) is 0 Å². The fourth-order valence-electron chi connectivity index (χ4n) is 3.11. The van der Waals surface area contributed by atoms with E-state index in [2.05, 4.69) is 62.4 Å². The Hall–Kier alpha value is -1.30. The third-order valence-electron chi connectivity index (χ3n) is 4.50. The van der Waals surface area contributed by atoms with Crippen molar-refractivity contribution in [1.29, 1.82) is 0 Å². The highest BCUT2D eigenvalue weighted by molar-refractivity contribution is 5.26. The molecule has 2 rings (SSSR count). The predicted molar refractivity (Wildman–Crippen MR) is 89.1 cm³/mol. The summed E-state index contributed by atoms with van der Waals surface area (Å²) in [5.74, 6) is 1.58. The first-order valence-corrected chi connectivity index (χ1v) is 8.25. The van der Waals surface area contributed by atoms with Gasteiger partial charge in [-0.15, -0.1) is 0 Å². The number of hydrogen-bond donors (Lipinski definition) is 0. The Morgan fingerprint density at radius 1 is 0.950 bits per heavy atom. The average Bonchev–Trinajstić information content (AvgIpc) is 2.52. The van der Waals surface area contributed by atoms with E-state index in [-0.39, 0.29) is 0 Å². The van der Waals surface area contributed by atoms with Crippen LogP contribution in [-0.4, -0.2) is 0 Å². The van der Waals surface area contributed by atoms with E-state index in [0.29, 0.717) is 0 Å². The van der Waals surface area contributed by atoms with Crippen molar-refractivity contribution in [3.63, 3.8) is 0 Å². The van der Waals surface area contributed by atoms with Crippen molar-refractivity contribution in [2.24, 2.45) is 5.92 Å². The van der Waals surface area contributed by atoms with Gasteiger partial charge in [0.05, 0.1) is 0 Å². The van der Waals surface area contributed by atoms with Gasteiger partial charge in [0.2, 0.25) is 0 Å². The van der Waals surface area contributed by atoms with Gasteiger partial charge in [-0.2, -0.15) is 0 Å².